The quantitative estimate of drug-likeness (QED) is 0.490. The molecule has 1 aromatic carbocycles. The van der Waals surface area contributed by atoms with Gasteiger partial charge in [0.25, 0.3) is 0 Å². The first-order valence-electron chi connectivity index (χ1n) is 4.41. The normalized spacial score (nSPS) is 11.3. The van der Waals surface area contributed by atoms with E-state index in [-0.39, 0.29) is 5.17 Å². The Kier molecular flexibility index (Phi) is 4.24. The van der Waals surface area contributed by atoms with Gasteiger partial charge in [-0.2, -0.15) is 0 Å². The first kappa shape index (κ1) is 11.7. The highest BCUT2D eigenvalue weighted by Crippen LogP contribution is 2.28. The largest absolute Gasteiger partial charge is 0.493 e. The van der Waals surface area contributed by atoms with Crippen molar-refractivity contribution >= 4 is 16.8 Å². The zero-order chi connectivity index (χ0) is 11.3. The summed E-state index contributed by atoms with van der Waals surface area (Å²) in [4.78, 5) is 0. The van der Waals surface area contributed by atoms with Gasteiger partial charge in [-0.05, 0) is 25.1 Å². The molecule has 0 aromatic heterocycles. The first-order valence-corrected chi connectivity index (χ1v) is 4.79. The van der Waals surface area contributed by atoms with Crippen molar-refractivity contribution in [2.75, 3.05) is 13.7 Å². The van der Waals surface area contributed by atoms with E-state index in [2.05, 4.69) is 5.16 Å². The molecule has 0 spiro atoms. The van der Waals surface area contributed by atoms with Crippen molar-refractivity contribution in [2.24, 2.45) is 5.16 Å². The molecule has 0 aliphatic heterocycles. The van der Waals surface area contributed by atoms with Crippen LogP contribution in [-0.4, -0.2) is 24.1 Å². The Balaban J connectivity index is 3.07. The standard InChI is InChI=1S/C10H12ClNO3/c1-3-15-8-5-4-7(10(11)12-13)6-9(8)14-2/h4-6,13H,3H2,1-2H3/b12-10-. The highest BCUT2D eigenvalue weighted by molar-refractivity contribution is 6.69. The Bertz CT molecular complexity index is 366. The Morgan fingerprint density at radius 2 is 2.20 bits per heavy atom. The average molecular weight is 230 g/mol. The van der Waals surface area contributed by atoms with Gasteiger partial charge in [0.05, 0.1) is 13.7 Å². The number of ether oxygens (including phenoxy) is 2. The molecule has 0 saturated heterocycles. The zero-order valence-electron chi connectivity index (χ0n) is 8.53. The molecule has 0 atom stereocenters. The number of halogens is 1. The summed E-state index contributed by atoms with van der Waals surface area (Å²) < 4.78 is 10.4. The van der Waals surface area contributed by atoms with Crippen molar-refractivity contribution in [3.8, 4) is 11.5 Å². The van der Waals surface area contributed by atoms with Crippen LogP contribution in [0.3, 0.4) is 0 Å². The third-order valence-electron chi connectivity index (χ3n) is 1.79. The predicted octanol–water partition coefficient (Wildman–Crippen LogP) is 2.47. The fourth-order valence-electron chi connectivity index (χ4n) is 1.13. The van der Waals surface area contributed by atoms with E-state index in [1.54, 1.807) is 18.2 Å². The van der Waals surface area contributed by atoms with E-state index >= 15 is 0 Å². The van der Waals surface area contributed by atoms with Crippen LogP contribution in [-0.2, 0) is 0 Å². The maximum absolute atomic E-state index is 8.51. The minimum absolute atomic E-state index is 0.0105. The number of benzene rings is 1. The molecule has 15 heavy (non-hydrogen) atoms. The molecular formula is C10H12ClNO3. The molecule has 1 aromatic rings. The third kappa shape index (κ3) is 2.76. The summed E-state index contributed by atoms with van der Waals surface area (Å²) in [6, 6.07) is 5.05. The summed E-state index contributed by atoms with van der Waals surface area (Å²) in [7, 11) is 1.53. The van der Waals surface area contributed by atoms with E-state index in [0.29, 0.717) is 23.7 Å². The van der Waals surface area contributed by atoms with E-state index in [4.69, 9.17) is 26.3 Å². The van der Waals surface area contributed by atoms with Crippen LogP contribution in [0, 0.1) is 0 Å². The van der Waals surface area contributed by atoms with Crippen LogP contribution in [0.15, 0.2) is 23.4 Å². The van der Waals surface area contributed by atoms with Crippen LogP contribution in [0.2, 0.25) is 0 Å². The van der Waals surface area contributed by atoms with E-state index in [0.717, 1.165) is 0 Å². The average Bonchev–Trinajstić information content (AvgIpc) is 2.29. The number of hydrogen-bond acceptors (Lipinski definition) is 4. The summed E-state index contributed by atoms with van der Waals surface area (Å²) in [6.45, 7) is 2.44. The lowest BCUT2D eigenvalue weighted by atomic mass is 10.2. The molecule has 0 amide bonds. The van der Waals surface area contributed by atoms with Crippen molar-refractivity contribution in [1.29, 1.82) is 0 Å². The van der Waals surface area contributed by atoms with Crippen LogP contribution >= 0.6 is 11.6 Å². The second-order valence-electron chi connectivity index (χ2n) is 2.69. The lowest BCUT2D eigenvalue weighted by Gasteiger charge is -2.09. The molecule has 0 heterocycles. The van der Waals surface area contributed by atoms with Crippen molar-refractivity contribution in [1.82, 2.24) is 0 Å². The van der Waals surface area contributed by atoms with Crippen molar-refractivity contribution in [3.05, 3.63) is 23.8 Å². The van der Waals surface area contributed by atoms with Gasteiger partial charge in [0, 0.05) is 5.56 Å². The van der Waals surface area contributed by atoms with Gasteiger partial charge in [-0.15, -0.1) is 0 Å². The Hall–Kier alpha value is -1.42. The topological polar surface area (TPSA) is 51.0 Å². The lowest BCUT2D eigenvalue weighted by molar-refractivity contribution is 0.310. The van der Waals surface area contributed by atoms with E-state index in [9.17, 15) is 0 Å². The predicted molar refractivity (Wildman–Crippen MR) is 58.3 cm³/mol. The first-order chi connectivity index (χ1) is 7.22. The van der Waals surface area contributed by atoms with Crippen molar-refractivity contribution in [2.45, 2.75) is 6.92 Å². The van der Waals surface area contributed by atoms with Gasteiger partial charge in [0.1, 0.15) is 0 Å². The van der Waals surface area contributed by atoms with Gasteiger partial charge in [-0.1, -0.05) is 16.8 Å². The second kappa shape index (κ2) is 5.46. The van der Waals surface area contributed by atoms with E-state index in [1.165, 1.54) is 7.11 Å². The van der Waals surface area contributed by atoms with Gasteiger partial charge in [-0.25, -0.2) is 0 Å². The molecule has 0 bridgehead atoms. The van der Waals surface area contributed by atoms with Crippen molar-refractivity contribution < 1.29 is 14.7 Å². The Labute approximate surface area is 93.1 Å². The summed E-state index contributed by atoms with van der Waals surface area (Å²) >= 11 is 5.65. The van der Waals surface area contributed by atoms with Crippen LogP contribution in [0.5, 0.6) is 11.5 Å². The van der Waals surface area contributed by atoms with Gasteiger partial charge in [0.2, 0.25) is 0 Å². The molecule has 1 N–H and O–H groups in total. The van der Waals surface area contributed by atoms with Gasteiger partial charge < -0.3 is 14.7 Å². The van der Waals surface area contributed by atoms with E-state index < -0.39 is 0 Å². The maximum Gasteiger partial charge on any atom is 0.175 e. The molecular weight excluding hydrogens is 218 g/mol. The smallest absolute Gasteiger partial charge is 0.175 e. The lowest BCUT2D eigenvalue weighted by Crippen LogP contribution is -1.98. The number of rotatable bonds is 4. The van der Waals surface area contributed by atoms with E-state index in [1.807, 2.05) is 6.92 Å². The fourth-order valence-corrected chi connectivity index (χ4v) is 1.25. The molecule has 5 heteroatoms. The molecule has 1 rings (SSSR count). The second-order valence-corrected chi connectivity index (χ2v) is 3.05. The fraction of sp³-hybridized carbons (Fsp3) is 0.300. The Morgan fingerprint density at radius 1 is 1.47 bits per heavy atom. The van der Waals surface area contributed by atoms with Crippen LogP contribution < -0.4 is 9.47 Å². The zero-order valence-corrected chi connectivity index (χ0v) is 9.28. The minimum atomic E-state index is 0.0105. The molecule has 0 unspecified atom stereocenters. The number of hydrogen-bond donors (Lipinski definition) is 1. The summed E-state index contributed by atoms with van der Waals surface area (Å²) in [6.07, 6.45) is 0. The monoisotopic (exact) mass is 229 g/mol. The summed E-state index contributed by atoms with van der Waals surface area (Å²) in [5.74, 6) is 1.18. The minimum Gasteiger partial charge on any atom is -0.493 e. The number of nitrogens with zero attached hydrogens (tertiary/aromatic N) is 1. The highest BCUT2D eigenvalue weighted by Gasteiger charge is 2.08. The van der Waals surface area contributed by atoms with Gasteiger partial charge in [0.15, 0.2) is 16.7 Å². The summed E-state index contributed by atoms with van der Waals surface area (Å²) in [5, 5.41) is 11.4. The maximum atomic E-state index is 8.51. The number of oxime groups is 1. The molecule has 0 aliphatic carbocycles. The van der Waals surface area contributed by atoms with Crippen LogP contribution in [0.4, 0.5) is 0 Å². The molecule has 0 aliphatic rings. The highest BCUT2D eigenvalue weighted by atomic mass is 35.5. The van der Waals surface area contributed by atoms with Crippen molar-refractivity contribution in [3.63, 3.8) is 0 Å². The van der Waals surface area contributed by atoms with Gasteiger partial charge >= 0.3 is 0 Å². The van der Waals surface area contributed by atoms with Crippen LogP contribution in [0.25, 0.3) is 0 Å². The molecule has 0 saturated carbocycles. The molecule has 82 valence electrons. The molecule has 0 fully saturated rings. The molecule has 0 radical (unpaired) electrons. The molecule has 4 nitrogen and oxygen atoms in total. The summed E-state index contributed by atoms with van der Waals surface area (Å²) in [5.41, 5.74) is 0.569. The number of methoxy groups -OCH3 is 1. The SMILES string of the molecule is CCOc1ccc(/C(Cl)=N/O)cc1OC. The third-order valence-corrected chi connectivity index (χ3v) is 2.08. The van der Waals surface area contributed by atoms with Crippen LogP contribution in [0.1, 0.15) is 12.5 Å². The van der Waals surface area contributed by atoms with Gasteiger partial charge in [-0.3, -0.25) is 0 Å². The Morgan fingerprint density at radius 3 is 2.73 bits per heavy atom.